The maximum atomic E-state index is 12.1. The molecule has 0 aromatic heterocycles. The highest BCUT2D eigenvalue weighted by Crippen LogP contribution is 2.12. The summed E-state index contributed by atoms with van der Waals surface area (Å²) in [6.07, 6.45) is 2.22. The van der Waals surface area contributed by atoms with Crippen LogP contribution in [0.15, 0.2) is 0 Å². The fraction of sp³-hybridized carbons (Fsp3) is 0.923. The van der Waals surface area contributed by atoms with Crippen LogP contribution in [0.25, 0.3) is 0 Å². The topological polar surface area (TPSA) is 32.3 Å². The Labute approximate surface area is 101 Å². The summed E-state index contributed by atoms with van der Waals surface area (Å²) in [7, 11) is 0. The lowest BCUT2D eigenvalue weighted by Gasteiger charge is -2.32. The molecule has 0 aliphatic rings. The van der Waals surface area contributed by atoms with Crippen molar-refractivity contribution in [2.45, 2.75) is 66.0 Å². The van der Waals surface area contributed by atoms with Crippen LogP contribution >= 0.6 is 0 Å². The van der Waals surface area contributed by atoms with E-state index in [9.17, 15) is 4.79 Å². The minimum atomic E-state index is -0.0959. The first-order valence-corrected chi connectivity index (χ1v) is 6.44. The molecule has 0 aliphatic carbocycles. The molecule has 96 valence electrons. The Balaban J connectivity index is 4.34. The quantitative estimate of drug-likeness (QED) is 0.726. The second kappa shape index (κ2) is 6.89. The van der Waals surface area contributed by atoms with Gasteiger partial charge in [-0.3, -0.25) is 4.79 Å². The number of carbonyl (C=O) groups is 1. The number of nitrogens with zero attached hydrogens (tertiary/aromatic N) is 1. The van der Waals surface area contributed by atoms with Crippen molar-refractivity contribution in [2.75, 3.05) is 13.1 Å². The van der Waals surface area contributed by atoms with Crippen molar-refractivity contribution >= 4 is 5.91 Å². The molecule has 0 aliphatic heterocycles. The highest BCUT2D eigenvalue weighted by atomic mass is 16.2. The summed E-state index contributed by atoms with van der Waals surface area (Å²) in [5.41, 5.74) is 0.0387. The summed E-state index contributed by atoms with van der Waals surface area (Å²) >= 11 is 0. The van der Waals surface area contributed by atoms with Gasteiger partial charge in [0.2, 0.25) is 5.91 Å². The highest BCUT2D eigenvalue weighted by Gasteiger charge is 2.24. The van der Waals surface area contributed by atoms with Crippen LogP contribution in [0.5, 0.6) is 0 Å². The van der Waals surface area contributed by atoms with Gasteiger partial charge in [0.1, 0.15) is 0 Å². The molecule has 16 heavy (non-hydrogen) atoms. The Bertz CT molecular complexity index is 210. The van der Waals surface area contributed by atoms with Crippen LogP contribution in [-0.2, 0) is 4.79 Å². The van der Waals surface area contributed by atoms with Gasteiger partial charge in [-0.1, -0.05) is 13.3 Å². The molecule has 0 radical (unpaired) electrons. The zero-order chi connectivity index (χ0) is 12.8. The maximum absolute atomic E-state index is 12.1. The number of rotatable bonds is 7. The van der Waals surface area contributed by atoms with Gasteiger partial charge in [-0.05, 0) is 41.0 Å². The van der Waals surface area contributed by atoms with Crippen LogP contribution < -0.4 is 5.32 Å². The molecule has 1 unspecified atom stereocenters. The zero-order valence-corrected chi connectivity index (χ0v) is 11.8. The second-order valence-electron chi connectivity index (χ2n) is 5.01. The predicted molar refractivity (Wildman–Crippen MR) is 69.5 cm³/mol. The van der Waals surface area contributed by atoms with Crippen LogP contribution in [-0.4, -0.2) is 35.5 Å². The summed E-state index contributed by atoms with van der Waals surface area (Å²) in [5, 5.41) is 3.41. The number of amides is 1. The lowest BCUT2D eigenvalue weighted by atomic mass is 9.97. The fourth-order valence-electron chi connectivity index (χ4n) is 2.15. The van der Waals surface area contributed by atoms with E-state index >= 15 is 0 Å². The second-order valence-corrected chi connectivity index (χ2v) is 5.01. The lowest BCUT2D eigenvalue weighted by molar-refractivity contribution is -0.133. The summed E-state index contributed by atoms with van der Waals surface area (Å²) in [4.78, 5) is 13.9. The van der Waals surface area contributed by atoms with Gasteiger partial charge in [0, 0.05) is 18.6 Å². The molecular formula is C13H28N2O. The Kier molecular flexibility index (Phi) is 6.65. The summed E-state index contributed by atoms with van der Waals surface area (Å²) in [6.45, 7) is 14.0. The van der Waals surface area contributed by atoms with Crippen LogP contribution in [0.3, 0.4) is 0 Å². The maximum Gasteiger partial charge on any atom is 0.239 e. The standard InChI is InChI=1S/C13H28N2O/c1-7-10-13(5,6)14-11(4)12(16)15(8-2)9-3/h11,14H,7-10H2,1-6H3. The third-order valence-corrected chi connectivity index (χ3v) is 2.93. The first kappa shape index (κ1) is 15.4. The normalized spacial score (nSPS) is 13.6. The molecule has 0 aromatic carbocycles. The summed E-state index contributed by atoms with van der Waals surface area (Å²) in [5.74, 6) is 0.203. The van der Waals surface area contributed by atoms with Crippen molar-refractivity contribution < 1.29 is 4.79 Å². The number of hydrogen-bond donors (Lipinski definition) is 1. The molecule has 1 amide bonds. The number of hydrogen-bond acceptors (Lipinski definition) is 2. The SMILES string of the molecule is CCCC(C)(C)NC(C)C(=O)N(CC)CC. The predicted octanol–water partition coefficient (Wildman–Crippen LogP) is 2.41. The number of nitrogens with one attached hydrogen (secondary N) is 1. The van der Waals surface area contributed by atoms with Crippen LogP contribution in [0.4, 0.5) is 0 Å². The average molecular weight is 228 g/mol. The fourth-order valence-corrected chi connectivity index (χ4v) is 2.15. The van der Waals surface area contributed by atoms with Crippen molar-refractivity contribution in [3.8, 4) is 0 Å². The van der Waals surface area contributed by atoms with Crippen molar-refractivity contribution in [1.29, 1.82) is 0 Å². The van der Waals surface area contributed by atoms with E-state index in [1.54, 1.807) is 0 Å². The van der Waals surface area contributed by atoms with Gasteiger partial charge in [-0.25, -0.2) is 0 Å². The van der Waals surface area contributed by atoms with E-state index in [-0.39, 0.29) is 17.5 Å². The summed E-state index contributed by atoms with van der Waals surface area (Å²) < 4.78 is 0. The molecule has 0 aromatic rings. The van der Waals surface area contributed by atoms with Gasteiger partial charge in [-0.15, -0.1) is 0 Å². The van der Waals surface area contributed by atoms with E-state index < -0.39 is 0 Å². The molecular weight excluding hydrogens is 200 g/mol. The van der Waals surface area contributed by atoms with Crippen molar-refractivity contribution in [3.05, 3.63) is 0 Å². The number of likely N-dealkylation sites (N-methyl/N-ethyl adjacent to an activating group) is 1. The van der Waals surface area contributed by atoms with Gasteiger partial charge in [-0.2, -0.15) is 0 Å². The van der Waals surface area contributed by atoms with Gasteiger partial charge >= 0.3 is 0 Å². The van der Waals surface area contributed by atoms with Gasteiger partial charge in [0.05, 0.1) is 6.04 Å². The van der Waals surface area contributed by atoms with E-state index in [0.29, 0.717) is 0 Å². The van der Waals surface area contributed by atoms with Gasteiger partial charge in [0.15, 0.2) is 0 Å². The Hall–Kier alpha value is -0.570. The molecule has 0 bridgehead atoms. The average Bonchev–Trinajstić information content (AvgIpc) is 2.18. The van der Waals surface area contributed by atoms with Gasteiger partial charge < -0.3 is 10.2 Å². The van der Waals surface area contributed by atoms with E-state index in [4.69, 9.17) is 0 Å². The molecule has 3 nitrogen and oxygen atoms in total. The largest absolute Gasteiger partial charge is 0.342 e. The minimum absolute atomic E-state index is 0.0387. The van der Waals surface area contributed by atoms with Crippen LogP contribution in [0, 0.1) is 0 Å². The minimum Gasteiger partial charge on any atom is -0.342 e. The highest BCUT2D eigenvalue weighted by molar-refractivity contribution is 5.81. The molecule has 1 N–H and O–H groups in total. The molecule has 0 rings (SSSR count). The third kappa shape index (κ3) is 4.97. The monoisotopic (exact) mass is 228 g/mol. The first-order valence-electron chi connectivity index (χ1n) is 6.44. The van der Waals surface area contributed by atoms with E-state index in [1.807, 2.05) is 25.7 Å². The lowest BCUT2D eigenvalue weighted by Crippen LogP contribution is -2.52. The van der Waals surface area contributed by atoms with Crippen LogP contribution in [0.2, 0.25) is 0 Å². The first-order chi connectivity index (χ1) is 7.37. The Morgan fingerprint density at radius 2 is 1.75 bits per heavy atom. The van der Waals surface area contributed by atoms with Gasteiger partial charge in [0.25, 0.3) is 0 Å². The molecule has 0 heterocycles. The van der Waals surface area contributed by atoms with E-state index in [2.05, 4.69) is 26.1 Å². The molecule has 3 heteroatoms. The van der Waals surface area contributed by atoms with E-state index in [1.165, 1.54) is 0 Å². The van der Waals surface area contributed by atoms with Crippen molar-refractivity contribution in [1.82, 2.24) is 10.2 Å². The Morgan fingerprint density at radius 1 is 1.25 bits per heavy atom. The number of carbonyl (C=O) groups excluding carboxylic acids is 1. The van der Waals surface area contributed by atoms with Crippen LogP contribution in [0.1, 0.15) is 54.4 Å². The smallest absolute Gasteiger partial charge is 0.239 e. The van der Waals surface area contributed by atoms with E-state index in [0.717, 1.165) is 25.9 Å². The molecule has 1 atom stereocenters. The zero-order valence-electron chi connectivity index (χ0n) is 11.8. The Morgan fingerprint density at radius 3 is 2.12 bits per heavy atom. The molecule has 0 saturated heterocycles. The molecule has 0 fully saturated rings. The third-order valence-electron chi connectivity index (χ3n) is 2.93. The van der Waals surface area contributed by atoms with Crippen molar-refractivity contribution in [3.63, 3.8) is 0 Å². The molecule has 0 saturated carbocycles. The summed E-state index contributed by atoms with van der Waals surface area (Å²) in [6, 6.07) is -0.0959. The van der Waals surface area contributed by atoms with Crippen molar-refractivity contribution in [2.24, 2.45) is 0 Å². The molecule has 0 spiro atoms.